The Morgan fingerprint density at radius 1 is 1.50 bits per heavy atom. The van der Waals surface area contributed by atoms with Gasteiger partial charge >= 0.3 is 0 Å². The molecule has 0 aromatic heterocycles. The van der Waals surface area contributed by atoms with E-state index < -0.39 is 0 Å². The molecule has 0 radical (unpaired) electrons. The average molecular weight is 353 g/mol. The van der Waals surface area contributed by atoms with Gasteiger partial charge in [0.25, 0.3) is 5.91 Å². The van der Waals surface area contributed by atoms with Gasteiger partial charge < -0.3 is 10.2 Å². The van der Waals surface area contributed by atoms with Crippen LogP contribution < -0.4 is 5.32 Å². The van der Waals surface area contributed by atoms with Crippen molar-refractivity contribution in [3.8, 4) is 0 Å². The highest BCUT2D eigenvalue weighted by Gasteiger charge is 2.13. The molecule has 1 amide bonds. The summed E-state index contributed by atoms with van der Waals surface area (Å²) in [5.74, 6) is -0.114. The van der Waals surface area contributed by atoms with Gasteiger partial charge in [0, 0.05) is 16.7 Å². The van der Waals surface area contributed by atoms with E-state index in [2.05, 4.69) is 27.9 Å². The summed E-state index contributed by atoms with van der Waals surface area (Å²) in [5.41, 5.74) is 0.559. The van der Waals surface area contributed by atoms with E-state index in [-0.39, 0.29) is 5.91 Å². The standard InChI is InChI=1S/C11H14ClIN2O/c1-15(2)7-6-14-11(16)10-8(12)4-3-5-9(10)13/h3-5H,6-7H2,1-2H3,(H,14,16). The number of rotatable bonds is 4. The first-order valence-electron chi connectivity index (χ1n) is 4.89. The molecule has 88 valence electrons. The van der Waals surface area contributed by atoms with Gasteiger partial charge in [0.15, 0.2) is 0 Å². The van der Waals surface area contributed by atoms with Crippen LogP contribution in [0.4, 0.5) is 0 Å². The lowest BCUT2D eigenvalue weighted by Gasteiger charge is -2.11. The predicted molar refractivity (Wildman–Crippen MR) is 75.1 cm³/mol. The maximum absolute atomic E-state index is 11.8. The highest BCUT2D eigenvalue weighted by molar-refractivity contribution is 14.1. The van der Waals surface area contributed by atoms with Crippen molar-refractivity contribution in [3.63, 3.8) is 0 Å². The van der Waals surface area contributed by atoms with Crippen LogP contribution in [0.25, 0.3) is 0 Å². The summed E-state index contributed by atoms with van der Waals surface area (Å²) in [6.45, 7) is 1.43. The second kappa shape index (κ2) is 6.42. The van der Waals surface area contributed by atoms with Crippen LogP contribution in [0.5, 0.6) is 0 Å². The number of amides is 1. The van der Waals surface area contributed by atoms with E-state index in [1.165, 1.54) is 0 Å². The Kier molecular flexibility index (Phi) is 5.51. The molecule has 0 aliphatic rings. The first-order valence-corrected chi connectivity index (χ1v) is 6.35. The highest BCUT2D eigenvalue weighted by atomic mass is 127. The molecule has 1 rings (SSSR count). The summed E-state index contributed by atoms with van der Waals surface area (Å²) < 4.78 is 0.868. The molecule has 0 bridgehead atoms. The molecule has 16 heavy (non-hydrogen) atoms. The van der Waals surface area contributed by atoms with Crippen LogP contribution >= 0.6 is 34.2 Å². The number of hydrogen-bond acceptors (Lipinski definition) is 2. The van der Waals surface area contributed by atoms with E-state index in [0.29, 0.717) is 17.1 Å². The van der Waals surface area contributed by atoms with Gasteiger partial charge in [-0.05, 0) is 48.8 Å². The first kappa shape index (κ1) is 13.7. The number of carbonyl (C=O) groups is 1. The largest absolute Gasteiger partial charge is 0.351 e. The van der Waals surface area contributed by atoms with Gasteiger partial charge in [-0.3, -0.25) is 4.79 Å². The van der Waals surface area contributed by atoms with E-state index in [0.717, 1.165) is 10.1 Å². The van der Waals surface area contributed by atoms with Gasteiger partial charge in [0.1, 0.15) is 0 Å². The molecule has 5 heteroatoms. The molecule has 1 N–H and O–H groups in total. The quantitative estimate of drug-likeness (QED) is 0.843. The third-order valence-corrected chi connectivity index (χ3v) is 3.25. The van der Waals surface area contributed by atoms with Crippen LogP contribution in [-0.4, -0.2) is 38.0 Å². The second-order valence-electron chi connectivity index (χ2n) is 3.66. The van der Waals surface area contributed by atoms with Crippen LogP contribution in [0.1, 0.15) is 10.4 Å². The molecule has 0 aliphatic heterocycles. The summed E-state index contributed by atoms with van der Waals surface area (Å²) in [7, 11) is 3.93. The van der Waals surface area contributed by atoms with Gasteiger partial charge in [-0.25, -0.2) is 0 Å². The molecule has 0 unspecified atom stereocenters. The molecule has 3 nitrogen and oxygen atoms in total. The molecule has 0 aliphatic carbocycles. The number of carbonyl (C=O) groups excluding carboxylic acids is 1. The van der Waals surface area contributed by atoms with Gasteiger partial charge in [-0.2, -0.15) is 0 Å². The molecule has 1 aromatic carbocycles. The van der Waals surface area contributed by atoms with Crippen molar-refractivity contribution in [1.82, 2.24) is 10.2 Å². The Hall–Kier alpha value is -0.330. The van der Waals surface area contributed by atoms with Crippen molar-refractivity contribution in [3.05, 3.63) is 32.4 Å². The molecular formula is C11H14ClIN2O. The van der Waals surface area contributed by atoms with Crippen molar-refractivity contribution < 1.29 is 4.79 Å². The first-order chi connectivity index (χ1) is 7.52. The fourth-order valence-corrected chi connectivity index (χ4v) is 2.36. The summed E-state index contributed by atoms with van der Waals surface area (Å²) in [4.78, 5) is 13.9. The molecule has 0 saturated heterocycles. The molecular weight excluding hydrogens is 338 g/mol. The molecule has 0 fully saturated rings. The Morgan fingerprint density at radius 2 is 2.19 bits per heavy atom. The zero-order valence-electron chi connectivity index (χ0n) is 9.26. The fourth-order valence-electron chi connectivity index (χ4n) is 1.20. The Labute approximate surface area is 114 Å². The molecule has 0 heterocycles. The average Bonchev–Trinajstić information content (AvgIpc) is 2.16. The number of hydrogen-bond donors (Lipinski definition) is 1. The minimum atomic E-state index is -0.114. The summed E-state index contributed by atoms with van der Waals surface area (Å²) >= 11 is 8.10. The van der Waals surface area contributed by atoms with Crippen LogP contribution in [0.3, 0.4) is 0 Å². The van der Waals surface area contributed by atoms with E-state index >= 15 is 0 Å². The van der Waals surface area contributed by atoms with Crippen molar-refractivity contribution in [2.45, 2.75) is 0 Å². The van der Waals surface area contributed by atoms with E-state index in [4.69, 9.17) is 11.6 Å². The minimum Gasteiger partial charge on any atom is -0.351 e. The zero-order chi connectivity index (χ0) is 12.1. The number of benzene rings is 1. The molecule has 0 saturated carbocycles. The van der Waals surface area contributed by atoms with E-state index in [1.807, 2.05) is 31.1 Å². The predicted octanol–water partition coefficient (Wildman–Crippen LogP) is 2.24. The third-order valence-electron chi connectivity index (χ3n) is 2.03. The number of nitrogens with one attached hydrogen (secondary N) is 1. The normalized spacial score (nSPS) is 10.6. The van der Waals surface area contributed by atoms with Gasteiger partial charge in [-0.15, -0.1) is 0 Å². The van der Waals surface area contributed by atoms with Crippen LogP contribution in [0, 0.1) is 3.57 Å². The topological polar surface area (TPSA) is 32.3 Å². The van der Waals surface area contributed by atoms with Crippen molar-refractivity contribution in [1.29, 1.82) is 0 Å². The molecule has 0 atom stereocenters. The second-order valence-corrected chi connectivity index (χ2v) is 5.23. The maximum Gasteiger partial charge on any atom is 0.253 e. The molecule has 1 aromatic rings. The van der Waals surface area contributed by atoms with Gasteiger partial charge in [-0.1, -0.05) is 17.7 Å². The van der Waals surface area contributed by atoms with Gasteiger partial charge in [0.2, 0.25) is 0 Å². The third kappa shape index (κ3) is 3.92. The number of nitrogens with zero attached hydrogens (tertiary/aromatic N) is 1. The van der Waals surface area contributed by atoms with E-state index in [9.17, 15) is 4.79 Å². The summed E-state index contributed by atoms with van der Waals surface area (Å²) in [6, 6.07) is 5.43. The van der Waals surface area contributed by atoms with Crippen LogP contribution in [-0.2, 0) is 0 Å². The smallest absolute Gasteiger partial charge is 0.253 e. The maximum atomic E-state index is 11.8. The minimum absolute atomic E-state index is 0.114. The Balaban J connectivity index is 2.66. The lowest BCUT2D eigenvalue weighted by molar-refractivity contribution is 0.0950. The van der Waals surface area contributed by atoms with Crippen LogP contribution in [0.2, 0.25) is 5.02 Å². The monoisotopic (exact) mass is 352 g/mol. The van der Waals surface area contributed by atoms with Crippen molar-refractivity contribution in [2.75, 3.05) is 27.2 Å². The Morgan fingerprint density at radius 3 is 2.75 bits per heavy atom. The SMILES string of the molecule is CN(C)CCNC(=O)c1c(Cl)cccc1I. The number of halogens is 2. The van der Waals surface area contributed by atoms with Crippen LogP contribution in [0.15, 0.2) is 18.2 Å². The zero-order valence-corrected chi connectivity index (χ0v) is 12.2. The lowest BCUT2D eigenvalue weighted by Crippen LogP contribution is -2.31. The van der Waals surface area contributed by atoms with Gasteiger partial charge in [0.05, 0.1) is 10.6 Å². The summed E-state index contributed by atoms with van der Waals surface area (Å²) in [6.07, 6.45) is 0. The fraction of sp³-hybridized carbons (Fsp3) is 0.364. The highest BCUT2D eigenvalue weighted by Crippen LogP contribution is 2.21. The Bertz CT molecular complexity index is 362. The summed E-state index contributed by atoms with van der Waals surface area (Å²) in [5, 5.41) is 3.34. The number of likely N-dealkylation sites (N-methyl/N-ethyl adjacent to an activating group) is 1. The lowest BCUT2D eigenvalue weighted by atomic mass is 10.2. The van der Waals surface area contributed by atoms with Crippen molar-refractivity contribution in [2.24, 2.45) is 0 Å². The molecule has 0 spiro atoms. The van der Waals surface area contributed by atoms with E-state index in [1.54, 1.807) is 6.07 Å². The van der Waals surface area contributed by atoms with Crippen molar-refractivity contribution >= 4 is 40.1 Å².